The fourth-order valence-electron chi connectivity index (χ4n) is 1.82. The van der Waals surface area contributed by atoms with Crippen LogP contribution in [0.15, 0.2) is 48.5 Å². The summed E-state index contributed by atoms with van der Waals surface area (Å²) in [4.78, 5) is 21.0. The van der Waals surface area contributed by atoms with E-state index in [4.69, 9.17) is 9.47 Å². The molecule has 2 radical (unpaired) electrons. The number of rotatable bonds is 4. The number of aryl methyl sites for hydroxylation is 2. The molecule has 0 atom stereocenters. The number of ether oxygens (including phenoxy) is 2. The first kappa shape index (κ1) is 52.1. The topological polar surface area (TPSA) is 52.6 Å². The van der Waals surface area contributed by atoms with Gasteiger partial charge in [-0.15, -0.1) is 0 Å². The van der Waals surface area contributed by atoms with E-state index in [1.165, 1.54) is 25.3 Å². The summed E-state index contributed by atoms with van der Waals surface area (Å²) in [5.74, 6) is 0.939. The third-order valence-electron chi connectivity index (χ3n) is 3.25. The van der Waals surface area contributed by atoms with Gasteiger partial charge in [-0.2, -0.15) is 34.6 Å². The maximum atomic E-state index is 10.5. The van der Waals surface area contributed by atoms with Crippen molar-refractivity contribution in [1.29, 1.82) is 0 Å². The summed E-state index contributed by atoms with van der Waals surface area (Å²) in [6, 6.07) is 15.8. The molecule has 0 heterocycles. The van der Waals surface area contributed by atoms with Crippen LogP contribution in [0.25, 0.3) is 0 Å². The monoisotopic (exact) mass is 652 g/mol. The van der Waals surface area contributed by atoms with E-state index in [0.29, 0.717) is 13.2 Å². The summed E-state index contributed by atoms with van der Waals surface area (Å²) in [5, 5.41) is 0. The van der Waals surface area contributed by atoms with Gasteiger partial charge in [0.1, 0.15) is 13.2 Å². The first-order valence-electron chi connectivity index (χ1n) is 10.4. The van der Waals surface area contributed by atoms with Crippen LogP contribution in [-0.4, -0.2) is 11.9 Å². The first-order valence-corrected chi connectivity index (χ1v) is 10.4. The van der Waals surface area contributed by atoms with Gasteiger partial charge in [0.2, 0.25) is 0 Å². The molecule has 0 aliphatic carbocycles. The molecule has 0 unspecified atom stereocenters. The molecule has 0 aromatic heterocycles. The van der Waals surface area contributed by atoms with Crippen LogP contribution >= 0.6 is 0 Å². The van der Waals surface area contributed by atoms with Gasteiger partial charge < -0.3 is 36.7 Å². The minimum absolute atomic E-state index is 0. The van der Waals surface area contributed by atoms with Crippen molar-refractivity contribution in [3.63, 3.8) is 0 Å². The van der Waals surface area contributed by atoms with E-state index in [2.05, 4.69) is 20.8 Å². The summed E-state index contributed by atoms with van der Waals surface area (Å²) in [7, 11) is 0. The van der Waals surface area contributed by atoms with Gasteiger partial charge in [-0.3, -0.25) is 9.59 Å². The third kappa shape index (κ3) is 38.1. The first-order chi connectivity index (χ1) is 14.5. The zero-order chi connectivity index (χ0) is 24.2. The molecule has 0 aliphatic heterocycles. The van der Waals surface area contributed by atoms with Crippen LogP contribution < -0.4 is 0 Å². The maximum Gasteiger partial charge on any atom is 0.302 e. The number of carbonyl (C=O) groups excluding carboxylic acids is 2. The Kier molecular flexibility index (Phi) is 50.1. The van der Waals surface area contributed by atoms with E-state index in [1.807, 2.05) is 82.6 Å². The molecular formula is C30H50O4Y2-4. The van der Waals surface area contributed by atoms with E-state index < -0.39 is 0 Å². The van der Waals surface area contributed by atoms with Crippen molar-refractivity contribution in [3.8, 4) is 0 Å². The molecule has 0 amide bonds. The molecule has 204 valence electrons. The fraction of sp³-hybridized carbons (Fsp3) is 0.400. The second kappa shape index (κ2) is 34.6. The zero-order valence-electron chi connectivity index (χ0n) is 23.9. The minimum Gasteiger partial charge on any atom is -0.461 e. The molecule has 4 nitrogen and oxygen atoms in total. The largest absolute Gasteiger partial charge is 0.461 e. The van der Waals surface area contributed by atoms with E-state index in [-0.39, 0.29) is 99.6 Å². The summed E-state index contributed by atoms with van der Waals surface area (Å²) < 4.78 is 9.70. The van der Waals surface area contributed by atoms with Gasteiger partial charge >= 0.3 is 11.9 Å². The summed E-state index contributed by atoms with van der Waals surface area (Å²) in [6.45, 7) is 17.8. The average molecular weight is 653 g/mol. The van der Waals surface area contributed by atoms with Crippen LogP contribution in [0, 0.1) is 41.0 Å². The molecule has 36 heavy (non-hydrogen) atoms. The Hall–Kier alpha value is -0.412. The number of benzene rings is 2. The second-order valence-corrected chi connectivity index (χ2v) is 7.55. The SMILES string of the molecule is C.CC(=O)OCc1ccc(C)cc1.CC(=O)OCc1ccccc1C.C[C-](C)C.C[CH-]C.[CH3-].[CH3-].[Y].[Y]. The van der Waals surface area contributed by atoms with Crippen molar-refractivity contribution < 1.29 is 84.5 Å². The normalized spacial score (nSPS) is 7.83. The second-order valence-electron chi connectivity index (χ2n) is 7.55. The maximum absolute atomic E-state index is 10.5. The average Bonchev–Trinajstić information content (AvgIpc) is 2.67. The number of hydrogen-bond acceptors (Lipinski definition) is 4. The fourth-order valence-corrected chi connectivity index (χ4v) is 1.82. The van der Waals surface area contributed by atoms with Crippen molar-refractivity contribution in [2.75, 3.05) is 0 Å². The smallest absolute Gasteiger partial charge is 0.302 e. The van der Waals surface area contributed by atoms with Crippen LogP contribution in [-0.2, 0) is 97.7 Å². The van der Waals surface area contributed by atoms with Gasteiger partial charge in [-0.05, 0) is 30.5 Å². The van der Waals surface area contributed by atoms with Crippen molar-refractivity contribution in [2.45, 2.75) is 83.0 Å². The van der Waals surface area contributed by atoms with Gasteiger partial charge in [-0.1, -0.05) is 61.5 Å². The number of esters is 2. The molecule has 0 bridgehead atoms. The van der Waals surface area contributed by atoms with Gasteiger partial charge in [0.15, 0.2) is 0 Å². The Balaban J connectivity index is -0.0000000670. The molecule has 6 heteroatoms. The van der Waals surface area contributed by atoms with Gasteiger partial charge in [0.05, 0.1) is 0 Å². The molecule has 0 saturated heterocycles. The van der Waals surface area contributed by atoms with Gasteiger partial charge in [-0.25, -0.2) is 0 Å². The Labute approximate surface area is 274 Å². The van der Waals surface area contributed by atoms with Crippen LogP contribution in [0.2, 0.25) is 0 Å². The van der Waals surface area contributed by atoms with Crippen LogP contribution in [0.1, 0.15) is 78.1 Å². The predicted octanol–water partition coefficient (Wildman–Crippen LogP) is 8.50. The molecule has 2 aromatic carbocycles. The van der Waals surface area contributed by atoms with E-state index in [1.54, 1.807) is 0 Å². The summed E-state index contributed by atoms with van der Waals surface area (Å²) in [5.41, 5.74) is 4.45. The Morgan fingerprint density at radius 1 is 0.778 bits per heavy atom. The van der Waals surface area contributed by atoms with E-state index in [0.717, 1.165) is 16.7 Å². The van der Waals surface area contributed by atoms with Crippen molar-refractivity contribution >= 4 is 11.9 Å². The molecular weight excluding hydrogens is 602 g/mol. The van der Waals surface area contributed by atoms with Gasteiger partial charge in [0, 0.05) is 79.3 Å². The van der Waals surface area contributed by atoms with Gasteiger partial charge in [0.25, 0.3) is 0 Å². The zero-order valence-corrected chi connectivity index (χ0v) is 29.6. The molecule has 0 saturated carbocycles. The quantitative estimate of drug-likeness (QED) is 0.246. The molecule has 2 aromatic rings. The third-order valence-corrected chi connectivity index (χ3v) is 3.25. The van der Waals surface area contributed by atoms with Crippen LogP contribution in [0.4, 0.5) is 0 Å². The molecule has 0 fully saturated rings. The van der Waals surface area contributed by atoms with Crippen molar-refractivity contribution in [3.05, 3.63) is 98.0 Å². The Morgan fingerprint density at radius 2 is 1.14 bits per heavy atom. The molecule has 0 aliphatic rings. The Bertz CT molecular complexity index is 727. The van der Waals surface area contributed by atoms with E-state index >= 15 is 0 Å². The minimum atomic E-state index is -0.240. The van der Waals surface area contributed by atoms with Crippen LogP contribution in [0.3, 0.4) is 0 Å². The number of carbonyl (C=O) groups is 2. The standard InChI is InChI=1S/2C10H12O2.C4H9.C3H7.CH4.2CH3.2Y/c1-8-3-5-10(6-4-8)7-12-9(2)11;1-8-5-3-4-6-10(8)7-12-9(2)11;1-4(2)3;1-3-2;;;;;/h2*3-6H,7H2,1-2H3;1-3H3;3H,1-2H3;1H4;2*1H3;;/q;;2*-1;;2*-1;;. The molecule has 0 N–H and O–H groups in total. The van der Waals surface area contributed by atoms with Crippen molar-refractivity contribution in [1.82, 2.24) is 0 Å². The predicted molar refractivity (Wildman–Crippen MR) is 149 cm³/mol. The molecule has 2 rings (SSSR count). The van der Waals surface area contributed by atoms with E-state index in [9.17, 15) is 9.59 Å². The summed E-state index contributed by atoms with van der Waals surface area (Å²) in [6.07, 6.45) is 2.00. The van der Waals surface area contributed by atoms with Crippen molar-refractivity contribution in [2.24, 2.45) is 0 Å². The summed E-state index contributed by atoms with van der Waals surface area (Å²) >= 11 is 0. The Morgan fingerprint density at radius 3 is 1.50 bits per heavy atom. The van der Waals surface area contributed by atoms with Crippen LogP contribution in [0.5, 0.6) is 0 Å². The molecule has 0 spiro atoms. The number of hydrogen-bond donors (Lipinski definition) is 0.